The van der Waals surface area contributed by atoms with Crippen molar-refractivity contribution in [2.75, 3.05) is 33.0 Å². The molecular weight excluding hydrogens is 494 g/mol. The highest BCUT2D eigenvalue weighted by molar-refractivity contribution is 5.98. The van der Waals surface area contributed by atoms with Crippen molar-refractivity contribution in [2.45, 2.75) is 37.1 Å². The van der Waals surface area contributed by atoms with E-state index in [4.69, 9.17) is 18.9 Å². The molecule has 3 aromatic carbocycles. The van der Waals surface area contributed by atoms with Gasteiger partial charge in [0.2, 0.25) is 0 Å². The van der Waals surface area contributed by atoms with Crippen LogP contribution in [0.3, 0.4) is 0 Å². The molecule has 3 saturated heterocycles. The molecule has 0 saturated carbocycles. The van der Waals surface area contributed by atoms with Gasteiger partial charge in [-0.1, -0.05) is 66.7 Å². The zero-order valence-corrected chi connectivity index (χ0v) is 21.7. The van der Waals surface area contributed by atoms with Crippen molar-refractivity contribution in [3.05, 3.63) is 95.1 Å². The minimum absolute atomic E-state index is 0.0108. The number of rotatable bonds is 5. The molecule has 0 aromatic heterocycles. The van der Waals surface area contributed by atoms with Crippen LogP contribution in [0, 0.1) is 5.92 Å². The first-order valence-corrected chi connectivity index (χ1v) is 13.8. The molecule has 3 heterocycles. The van der Waals surface area contributed by atoms with Gasteiger partial charge in [0, 0.05) is 23.0 Å². The Bertz CT molecular complexity index is 1340. The van der Waals surface area contributed by atoms with Crippen molar-refractivity contribution in [3.63, 3.8) is 0 Å². The average Bonchev–Trinajstić information content (AvgIpc) is 3.62. The van der Waals surface area contributed by atoms with Gasteiger partial charge >= 0.3 is 6.09 Å². The second kappa shape index (κ2) is 10.2. The van der Waals surface area contributed by atoms with Crippen molar-refractivity contribution in [2.24, 2.45) is 5.92 Å². The minimum Gasteiger partial charge on any atom is -0.448 e. The maximum Gasteiger partial charge on any atom is 0.410 e. The average molecular weight is 526 g/mol. The lowest BCUT2D eigenvalue weighted by Crippen LogP contribution is -2.60. The lowest BCUT2D eigenvalue weighted by atomic mass is 9.80. The van der Waals surface area contributed by atoms with Gasteiger partial charge in [0.1, 0.15) is 6.61 Å². The Kier molecular flexibility index (Phi) is 6.43. The van der Waals surface area contributed by atoms with Crippen molar-refractivity contribution >= 4 is 11.9 Å². The van der Waals surface area contributed by atoms with E-state index in [1.807, 2.05) is 53.4 Å². The van der Waals surface area contributed by atoms with Gasteiger partial charge in [-0.25, -0.2) is 4.79 Å². The fourth-order valence-electron chi connectivity index (χ4n) is 6.72. The summed E-state index contributed by atoms with van der Waals surface area (Å²) in [6.45, 7) is 2.22. The van der Waals surface area contributed by atoms with Gasteiger partial charge in [-0.3, -0.25) is 9.69 Å². The molecule has 2 bridgehead atoms. The second-order valence-corrected chi connectivity index (χ2v) is 10.8. The third-order valence-corrected chi connectivity index (χ3v) is 8.50. The van der Waals surface area contributed by atoms with Crippen LogP contribution in [0.1, 0.15) is 52.1 Å². The number of Topliss-reactive ketones (excluding diaryl/α,β-unsaturated/α-hetero) is 1. The van der Waals surface area contributed by atoms with Crippen LogP contribution in [0.4, 0.5) is 4.79 Å². The molecule has 7 nitrogen and oxygen atoms in total. The van der Waals surface area contributed by atoms with Crippen LogP contribution >= 0.6 is 0 Å². The number of benzene rings is 3. The topological polar surface area (TPSA) is 74.3 Å². The van der Waals surface area contributed by atoms with Crippen LogP contribution in [-0.2, 0) is 18.9 Å². The Hall–Kier alpha value is -3.52. The van der Waals surface area contributed by atoms with E-state index >= 15 is 0 Å². The van der Waals surface area contributed by atoms with E-state index in [-0.39, 0.29) is 42.4 Å². The van der Waals surface area contributed by atoms with E-state index in [0.717, 1.165) is 5.56 Å². The van der Waals surface area contributed by atoms with Crippen LogP contribution in [-0.4, -0.2) is 61.9 Å². The molecule has 4 aliphatic rings. The highest BCUT2D eigenvalue weighted by atomic mass is 16.7. The zero-order valence-electron chi connectivity index (χ0n) is 21.7. The lowest BCUT2D eigenvalue weighted by Gasteiger charge is -2.47. The summed E-state index contributed by atoms with van der Waals surface area (Å²) in [5.41, 5.74) is 6.30. The minimum atomic E-state index is -0.416. The predicted molar refractivity (Wildman–Crippen MR) is 143 cm³/mol. The third-order valence-electron chi connectivity index (χ3n) is 8.50. The summed E-state index contributed by atoms with van der Waals surface area (Å²) < 4.78 is 23.0. The number of carbonyl (C=O) groups is 2. The Balaban J connectivity index is 1.04. The Morgan fingerprint density at radius 1 is 0.821 bits per heavy atom. The van der Waals surface area contributed by atoms with Gasteiger partial charge in [-0.15, -0.1) is 0 Å². The van der Waals surface area contributed by atoms with E-state index in [1.54, 1.807) is 0 Å². The predicted octanol–water partition coefficient (Wildman–Crippen LogP) is 5.34. The van der Waals surface area contributed by atoms with Gasteiger partial charge in [-0.2, -0.15) is 0 Å². The summed E-state index contributed by atoms with van der Waals surface area (Å²) in [6.07, 6.45) is 0.375. The molecule has 39 heavy (non-hydrogen) atoms. The van der Waals surface area contributed by atoms with Gasteiger partial charge in [0.15, 0.2) is 12.1 Å². The Morgan fingerprint density at radius 2 is 1.46 bits per heavy atom. The number of fused-ring (bicyclic) bond motifs is 5. The van der Waals surface area contributed by atoms with Gasteiger partial charge < -0.3 is 18.9 Å². The first-order chi connectivity index (χ1) is 19.2. The Morgan fingerprint density at radius 3 is 2.13 bits per heavy atom. The fourth-order valence-corrected chi connectivity index (χ4v) is 6.72. The fraction of sp³-hybridized carbons (Fsp3) is 0.375. The number of nitrogens with zero attached hydrogens (tertiary/aromatic N) is 1. The molecule has 0 N–H and O–H groups in total. The molecule has 2 atom stereocenters. The number of ether oxygens (including phenoxy) is 4. The van der Waals surface area contributed by atoms with E-state index in [1.165, 1.54) is 22.3 Å². The summed E-state index contributed by atoms with van der Waals surface area (Å²) in [7, 11) is 0. The molecule has 2 unspecified atom stereocenters. The molecule has 3 fully saturated rings. The van der Waals surface area contributed by atoms with Crippen LogP contribution < -0.4 is 0 Å². The van der Waals surface area contributed by atoms with Crippen LogP contribution in [0.15, 0.2) is 72.8 Å². The summed E-state index contributed by atoms with van der Waals surface area (Å²) >= 11 is 0. The molecule has 1 amide bonds. The monoisotopic (exact) mass is 525 g/mol. The maximum absolute atomic E-state index is 13.6. The highest BCUT2D eigenvalue weighted by Gasteiger charge is 2.45. The number of hydrogen-bond donors (Lipinski definition) is 0. The van der Waals surface area contributed by atoms with Crippen LogP contribution in [0.25, 0.3) is 11.1 Å². The molecule has 0 radical (unpaired) electrons. The quantitative estimate of drug-likeness (QED) is 0.419. The first-order valence-electron chi connectivity index (χ1n) is 13.8. The first kappa shape index (κ1) is 24.5. The van der Waals surface area contributed by atoms with E-state index < -0.39 is 6.29 Å². The number of morpholine rings is 1. The molecular formula is C32H31NO6. The van der Waals surface area contributed by atoms with Crippen molar-refractivity contribution in [1.29, 1.82) is 0 Å². The van der Waals surface area contributed by atoms with Gasteiger partial charge in [0.05, 0.1) is 38.5 Å². The summed E-state index contributed by atoms with van der Waals surface area (Å²) in [6, 6.07) is 23.8. The zero-order chi connectivity index (χ0) is 26.3. The maximum atomic E-state index is 13.6. The number of hydrogen-bond acceptors (Lipinski definition) is 6. The SMILES string of the molecule is O=C(c1cccc(C2OCCO2)c1)C1CC2COCC(C1)N2C(=O)OCC1c2ccccc2-c2ccccc21. The van der Waals surface area contributed by atoms with E-state index in [0.29, 0.717) is 44.8 Å². The van der Waals surface area contributed by atoms with Crippen molar-refractivity contribution in [1.82, 2.24) is 4.90 Å². The van der Waals surface area contributed by atoms with E-state index in [2.05, 4.69) is 24.3 Å². The van der Waals surface area contributed by atoms with E-state index in [9.17, 15) is 9.59 Å². The molecule has 7 heteroatoms. The lowest BCUT2D eigenvalue weighted by molar-refractivity contribution is -0.0747. The molecule has 3 aliphatic heterocycles. The second-order valence-electron chi connectivity index (χ2n) is 10.8. The third kappa shape index (κ3) is 4.44. The molecule has 200 valence electrons. The standard InChI is InChI=1S/C32H31NO6/c34-30(20-6-5-7-21(14-20)31-37-12-13-38-31)22-15-23-17-36-18-24(16-22)33(23)32(35)39-19-29-27-10-3-1-8-25(27)26-9-2-4-11-28(26)29/h1-11,14,22-24,29,31H,12-13,15-19H2. The smallest absolute Gasteiger partial charge is 0.410 e. The normalized spacial score (nSPS) is 24.3. The Labute approximate surface area is 227 Å². The summed E-state index contributed by atoms with van der Waals surface area (Å²) in [5, 5.41) is 0. The number of ketones is 1. The van der Waals surface area contributed by atoms with Crippen molar-refractivity contribution in [3.8, 4) is 11.1 Å². The van der Waals surface area contributed by atoms with Gasteiger partial charge in [-0.05, 0) is 41.2 Å². The number of carbonyl (C=O) groups excluding carboxylic acids is 2. The van der Waals surface area contributed by atoms with Gasteiger partial charge in [0.25, 0.3) is 0 Å². The molecule has 3 aromatic rings. The van der Waals surface area contributed by atoms with Crippen molar-refractivity contribution < 1.29 is 28.5 Å². The number of piperidine rings is 1. The largest absolute Gasteiger partial charge is 0.448 e. The molecule has 0 spiro atoms. The summed E-state index contributed by atoms with van der Waals surface area (Å²) in [5.74, 6) is -0.0715. The van der Waals surface area contributed by atoms with Crippen LogP contribution in [0.5, 0.6) is 0 Å². The highest BCUT2D eigenvalue weighted by Crippen LogP contribution is 2.45. The van der Waals surface area contributed by atoms with Crippen LogP contribution in [0.2, 0.25) is 0 Å². The molecule has 1 aliphatic carbocycles. The summed E-state index contributed by atoms with van der Waals surface area (Å²) in [4.78, 5) is 28.8. The number of amides is 1. The molecule has 7 rings (SSSR count).